The van der Waals surface area contributed by atoms with Crippen molar-refractivity contribution in [2.75, 3.05) is 31.1 Å². The Hall–Kier alpha value is -1.66. The van der Waals surface area contributed by atoms with Crippen molar-refractivity contribution in [1.29, 1.82) is 0 Å². The molecule has 6 nitrogen and oxygen atoms in total. The summed E-state index contributed by atoms with van der Waals surface area (Å²) in [6.45, 7) is 8.83. The van der Waals surface area contributed by atoms with E-state index in [4.69, 9.17) is 27.9 Å². The van der Waals surface area contributed by atoms with Gasteiger partial charge in [-0.25, -0.2) is 4.79 Å². The molecule has 0 spiro atoms. The number of hydrogen-bond acceptors (Lipinski definition) is 4. The minimum absolute atomic E-state index is 0.00735. The summed E-state index contributed by atoms with van der Waals surface area (Å²) in [6, 6.07) is 5.63. The van der Waals surface area contributed by atoms with Crippen LogP contribution in [0.1, 0.15) is 46.5 Å². The number of hydrogen-bond donors (Lipinski definition) is 1. The van der Waals surface area contributed by atoms with Crippen molar-refractivity contribution in [3.05, 3.63) is 28.2 Å². The van der Waals surface area contributed by atoms with Crippen LogP contribution >= 0.6 is 23.2 Å². The maximum absolute atomic E-state index is 13.1. The third-order valence-electron chi connectivity index (χ3n) is 6.44. The largest absolute Gasteiger partial charge is 0.446 e. The minimum atomic E-state index is -0.380. The van der Waals surface area contributed by atoms with Crippen LogP contribution in [0.4, 0.5) is 10.5 Å². The van der Waals surface area contributed by atoms with E-state index in [9.17, 15) is 9.59 Å². The van der Waals surface area contributed by atoms with Gasteiger partial charge in [-0.3, -0.25) is 4.79 Å². The van der Waals surface area contributed by atoms with Gasteiger partial charge in [0.1, 0.15) is 6.10 Å². The lowest BCUT2D eigenvalue weighted by molar-refractivity contribution is -0.137. The van der Waals surface area contributed by atoms with Crippen molar-refractivity contribution < 1.29 is 14.3 Å². The summed E-state index contributed by atoms with van der Waals surface area (Å²) in [5, 5.41) is 4.05. The Morgan fingerprint density at radius 2 is 1.77 bits per heavy atom. The van der Waals surface area contributed by atoms with Crippen molar-refractivity contribution in [2.45, 2.75) is 58.6 Å². The molecular weight excluding hydrogens is 437 g/mol. The van der Waals surface area contributed by atoms with Crippen LogP contribution in [0, 0.1) is 11.8 Å². The fraction of sp³-hybridized carbons (Fsp3) is 0.652. The predicted molar refractivity (Wildman–Crippen MR) is 125 cm³/mol. The van der Waals surface area contributed by atoms with Gasteiger partial charge in [0.2, 0.25) is 5.91 Å². The smallest absolute Gasteiger partial charge is 0.407 e. The quantitative estimate of drug-likeness (QED) is 0.660. The first-order valence-electron chi connectivity index (χ1n) is 11.2. The monoisotopic (exact) mass is 469 g/mol. The zero-order valence-electron chi connectivity index (χ0n) is 18.6. The molecule has 1 saturated heterocycles. The van der Waals surface area contributed by atoms with Crippen LogP contribution in [0.25, 0.3) is 0 Å². The summed E-state index contributed by atoms with van der Waals surface area (Å²) in [5.41, 5.74) is 1.03. The number of nitrogens with zero attached hydrogens (tertiary/aromatic N) is 2. The first-order valence-corrected chi connectivity index (χ1v) is 12.0. The van der Waals surface area contributed by atoms with E-state index in [0.717, 1.165) is 38.0 Å². The first-order chi connectivity index (χ1) is 14.7. The Kier molecular flexibility index (Phi) is 8.34. The van der Waals surface area contributed by atoms with Crippen LogP contribution in [0.5, 0.6) is 0 Å². The molecule has 3 unspecified atom stereocenters. The zero-order chi connectivity index (χ0) is 22.5. The highest BCUT2D eigenvalue weighted by molar-refractivity contribution is 6.42. The summed E-state index contributed by atoms with van der Waals surface area (Å²) in [6.07, 6.45) is 2.87. The summed E-state index contributed by atoms with van der Waals surface area (Å²) in [5.74, 6) is 0.427. The van der Waals surface area contributed by atoms with E-state index >= 15 is 0 Å². The molecule has 2 amide bonds. The molecule has 1 aromatic carbocycles. The standard InChI is InChI=1S/C23H33Cl2N3O3/c1-15(2)16(3)31-23(30)26-18-6-4-5-17(13-18)22(29)28-11-9-27(10-12-28)19-7-8-20(24)21(25)14-19/h7-8,14-18H,4-6,9-13H2,1-3H3,(H,26,30). The molecule has 1 N–H and O–H groups in total. The molecule has 0 radical (unpaired) electrons. The molecule has 1 aliphatic carbocycles. The number of carbonyl (C=O) groups excluding carboxylic acids is 2. The molecule has 172 valence electrons. The van der Waals surface area contributed by atoms with Crippen LogP contribution < -0.4 is 10.2 Å². The Morgan fingerprint density at radius 1 is 1.06 bits per heavy atom. The molecule has 0 aromatic heterocycles. The minimum Gasteiger partial charge on any atom is -0.446 e. The maximum Gasteiger partial charge on any atom is 0.407 e. The zero-order valence-corrected chi connectivity index (χ0v) is 20.1. The molecule has 1 aromatic rings. The van der Waals surface area contributed by atoms with Crippen molar-refractivity contribution in [2.24, 2.45) is 11.8 Å². The van der Waals surface area contributed by atoms with E-state index in [1.54, 1.807) is 6.07 Å². The molecule has 3 atom stereocenters. The Morgan fingerprint density at radius 3 is 2.42 bits per heavy atom. The molecule has 1 heterocycles. The molecule has 1 aliphatic heterocycles. The molecule has 2 aliphatic rings. The van der Waals surface area contributed by atoms with Gasteiger partial charge in [0.05, 0.1) is 10.0 Å². The van der Waals surface area contributed by atoms with Crippen LogP contribution in [0.3, 0.4) is 0 Å². The van der Waals surface area contributed by atoms with Gasteiger partial charge in [0.25, 0.3) is 0 Å². The van der Waals surface area contributed by atoms with E-state index in [1.807, 2.05) is 37.8 Å². The predicted octanol–water partition coefficient (Wildman–Crippen LogP) is 4.97. The van der Waals surface area contributed by atoms with Gasteiger partial charge in [-0.2, -0.15) is 0 Å². The van der Waals surface area contributed by atoms with Gasteiger partial charge in [0, 0.05) is 43.8 Å². The average Bonchev–Trinajstić information content (AvgIpc) is 2.75. The average molecular weight is 470 g/mol. The first kappa shape index (κ1) is 24.0. The second-order valence-corrected chi connectivity index (χ2v) is 9.78. The van der Waals surface area contributed by atoms with Crippen LogP contribution in [0.15, 0.2) is 18.2 Å². The summed E-state index contributed by atoms with van der Waals surface area (Å²) in [4.78, 5) is 29.5. The Bertz CT molecular complexity index is 781. The maximum atomic E-state index is 13.1. The van der Waals surface area contributed by atoms with Crippen LogP contribution in [-0.2, 0) is 9.53 Å². The molecule has 0 bridgehead atoms. The Balaban J connectivity index is 1.49. The highest BCUT2D eigenvalue weighted by atomic mass is 35.5. The van der Waals surface area contributed by atoms with Gasteiger partial charge in [-0.05, 0) is 50.3 Å². The van der Waals surface area contributed by atoms with Gasteiger partial charge in [-0.1, -0.05) is 43.5 Å². The molecular formula is C23H33Cl2N3O3. The fourth-order valence-corrected chi connectivity index (χ4v) is 4.47. The lowest BCUT2D eigenvalue weighted by Gasteiger charge is -2.39. The van der Waals surface area contributed by atoms with Crippen molar-refractivity contribution in [1.82, 2.24) is 10.2 Å². The normalized spacial score (nSPS) is 22.9. The van der Waals surface area contributed by atoms with E-state index in [-0.39, 0.29) is 36.0 Å². The number of piperazine rings is 1. The van der Waals surface area contributed by atoms with E-state index in [2.05, 4.69) is 10.2 Å². The number of carbonyl (C=O) groups is 2. The van der Waals surface area contributed by atoms with Gasteiger partial charge < -0.3 is 19.9 Å². The van der Waals surface area contributed by atoms with Gasteiger partial charge in [-0.15, -0.1) is 0 Å². The molecule has 31 heavy (non-hydrogen) atoms. The highest BCUT2D eigenvalue weighted by Crippen LogP contribution is 2.29. The number of anilines is 1. The van der Waals surface area contributed by atoms with Gasteiger partial charge in [0.15, 0.2) is 0 Å². The number of rotatable bonds is 5. The van der Waals surface area contributed by atoms with Crippen LogP contribution in [-0.4, -0.2) is 55.2 Å². The molecule has 2 fully saturated rings. The second-order valence-electron chi connectivity index (χ2n) is 8.97. The lowest BCUT2D eigenvalue weighted by atomic mass is 9.84. The fourth-order valence-electron chi connectivity index (χ4n) is 4.18. The van der Waals surface area contributed by atoms with Crippen molar-refractivity contribution >= 4 is 40.9 Å². The van der Waals surface area contributed by atoms with Crippen LogP contribution in [0.2, 0.25) is 10.0 Å². The van der Waals surface area contributed by atoms with E-state index in [0.29, 0.717) is 29.6 Å². The number of halogens is 2. The Labute approximate surface area is 195 Å². The molecule has 1 saturated carbocycles. The van der Waals surface area contributed by atoms with Crippen molar-refractivity contribution in [3.8, 4) is 0 Å². The summed E-state index contributed by atoms with van der Waals surface area (Å²) >= 11 is 12.2. The second kappa shape index (κ2) is 10.8. The van der Waals surface area contributed by atoms with E-state index < -0.39 is 0 Å². The number of alkyl carbamates (subject to hydrolysis) is 1. The number of nitrogens with one attached hydrogen (secondary N) is 1. The summed E-state index contributed by atoms with van der Waals surface area (Å²) in [7, 11) is 0. The van der Waals surface area contributed by atoms with Crippen molar-refractivity contribution in [3.63, 3.8) is 0 Å². The third-order valence-corrected chi connectivity index (χ3v) is 7.18. The third kappa shape index (κ3) is 6.42. The molecule has 3 rings (SSSR count). The highest BCUT2D eigenvalue weighted by Gasteiger charge is 2.33. The topological polar surface area (TPSA) is 61.9 Å². The van der Waals surface area contributed by atoms with E-state index in [1.165, 1.54) is 0 Å². The molecule has 8 heteroatoms. The van der Waals surface area contributed by atoms with Gasteiger partial charge >= 0.3 is 6.09 Å². The lowest BCUT2D eigenvalue weighted by Crippen LogP contribution is -2.51. The number of benzene rings is 1. The summed E-state index contributed by atoms with van der Waals surface area (Å²) < 4.78 is 5.43. The SMILES string of the molecule is CC(C)C(C)OC(=O)NC1CCCC(C(=O)N2CCN(c3ccc(Cl)c(Cl)c3)CC2)C1. The number of ether oxygens (including phenoxy) is 1. The number of amides is 2.